The van der Waals surface area contributed by atoms with E-state index in [4.69, 9.17) is 9.47 Å². The lowest BCUT2D eigenvalue weighted by molar-refractivity contribution is 0.264. The zero-order valence-electron chi connectivity index (χ0n) is 16.3. The molecule has 0 radical (unpaired) electrons. The highest BCUT2D eigenvalue weighted by molar-refractivity contribution is 5.78. The first kappa shape index (κ1) is 18.9. The van der Waals surface area contributed by atoms with Crippen molar-refractivity contribution >= 4 is 22.8 Å². The summed E-state index contributed by atoms with van der Waals surface area (Å²) in [7, 11) is 1.59. The lowest BCUT2D eigenvalue weighted by Gasteiger charge is -2.11. The first-order valence-electron chi connectivity index (χ1n) is 9.23. The minimum absolute atomic E-state index is 0.388. The zero-order chi connectivity index (χ0) is 19.2. The Morgan fingerprint density at radius 2 is 2.04 bits per heavy atom. The van der Waals surface area contributed by atoms with Crippen molar-refractivity contribution in [1.82, 2.24) is 24.5 Å². The van der Waals surface area contributed by atoms with Gasteiger partial charge in [-0.3, -0.25) is 0 Å². The summed E-state index contributed by atoms with van der Waals surface area (Å²) >= 11 is 0. The number of anilines is 2. The summed E-state index contributed by atoms with van der Waals surface area (Å²) in [5, 5.41) is 3.19. The normalized spacial score (nSPS) is 11.1. The number of nitrogens with zero attached hydrogens (tertiary/aromatic N) is 5. The SMILES string of the molecule is CCCCn1cnc2c(OCC(C)C)nc(Nc3ccc(OC)nc3)nc21. The number of pyridine rings is 1. The minimum atomic E-state index is 0.388. The Bertz CT molecular complexity index is 876. The fourth-order valence-corrected chi connectivity index (χ4v) is 2.52. The van der Waals surface area contributed by atoms with Crippen molar-refractivity contribution in [2.24, 2.45) is 5.92 Å². The molecule has 27 heavy (non-hydrogen) atoms. The molecule has 0 atom stereocenters. The summed E-state index contributed by atoms with van der Waals surface area (Å²) in [6, 6.07) is 3.64. The van der Waals surface area contributed by atoms with E-state index in [1.807, 2.05) is 10.6 Å². The third-order valence-electron chi connectivity index (χ3n) is 3.94. The molecular formula is C19H26N6O2. The van der Waals surface area contributed by atoms with Crippen molar-refractivity contribution in [3.05, 3.63) is 24.7 Å². The molecule has 0 saturated carbocycles. The maximum Gasteiger partial charge on any atom is 0.247 e. The molecule has 0 spiro atoms. The monoisotopic (exact) mass is 370 g/mol. The van der Waals surface area contributed by atoms with Crippen molar-refractivity contribution in [2.75, 3.05) is 19.0 Å². The molecule has 3 rings (SSSR count). The van der Waals surface area contributed by atoms with E-state index in [1.165, 1.54) is 0 Å². The first-order chi connectivity index (χ1) is 13.1. The standard InChI is InChI=1S/C19H26N6O2/c1-5-6-9-25-12-21-16-17(25)23-19(24-18(16)27-11-13(2)3)22-14-7-8-15(26-4)20-10-14/h7-8,10,12-13H,5-6,9,11H2,1-4H3,(H,22,23,24). The predicted molar refractivity (Wildman–Crippen MR) is 105 cm³/mol. The molecule has 0 aromatic carbocycles. The van der Waals surface area contributed by atoms with Gasteiger partial charge >= 0.3 is 0 Å². The Morgan fingerprint density at radius 3 is 2.70 bits per heavy atom. The van der Waals surface area contributed by atoms with Crippen molar-refractivity contribution < 1.29 is 9.47 Å². The van der Waals surface area contributed by atoms with Gasteiger partial charge < -0.3 is 19.4 Å². The van der Waals surface area contributed by atoms with Crippen LogP contribution in [0.5, 0.6) is 11.8 Å². The zero-order valence-corrected chi connectivity index (χ0v) is 16.3. The number of fused-ring (bicyclic) bond motifs is 1. The average molecular weight is 370 g/mol. The van der Waals surface area contributed by atoms with Crippen LogP contribution >= 0.6 is 0 Å². The Kier molecular flexibility index (Phi) is 6.05. The molecule has 0 saturated heterocycles. The quantitative estimate of drug-likeness (QED) is 0.613. The van der Waals surface area contributed by atoms with Crippen LogP contribution in [0.2, 0.25) is 0 Å². The summed E-state index contributed by atoms with van der Waals surface area (Å²) in [4.78, 5) is 17.9. The highest BCUT2D eigenvalue weighted by atomic mass is 16.5. The Morgan fingerprint density at radius 1 is 1.19 bits per heavy atom. The van der Waals surface area contributed by atoms with Crippen LogP contribution in [0.25, 0.3) is 11.2 Å². The first-order valence-corrected chi connectivity index (χ1v) is 9.23. The maximum atomic E-state index is 5.91. The fraction of sp³-hybridized carbons (Fsp3) is 0.474. The Hall–Kier alpha value is -2.90. The van der Waals surface area contributed by atoms with Gasteiger partial charge in [0.1, 0.15) is 0 Å². The Balaban J connectivity index is 1.94. The summed E-state index contributed by atoms with van der Waals surface area (Å²) in [5.74, 6) is 1.88. The predicted octanol–water partition coefficient (Wildman–Crippen LogP) is 3.81. The van der Waals surface area contributed by atoms with Gasteiger partial charge in [-0.05, 0) is 18.4 Å². The van der Waals surface area contributed by atoms with Gasteiger partial charge in [0, 0.05) is 12.6 Å². The van der Waals surface area contributed by atoms with Crippen molar-refractivity contribution in [1.29, 1.82) is 0 Å². The van der Waals surface area contributed by atoms with E-state index < -0.39 is 0 Å². The van der Waals surface area contributed by atoms with Gasteiger partial charge in [-0.15, -0.1) is 0 Å². The topological polar surface area (TPSA) is 87.0 Å². The van der Waals surface area contributed by atoms with Gasteiger partial charge in [0.2, 0.25) is 17.7 Å². The van der Waals surface area contributed by atoms with Gasteiger partial charge in [0.15, 0.2) is 11.2 Å². The van der Waals surface area contributed by atoms with Crippen LogP contribution in [0, 0.1) is 5.92 Å². The molecule has 0 fully saturated rings. The third-order valence-corrected chi connectivity index (χ3v) is 3.94. The van der Waals surface area contributed by atoms with E-state index >= 15 is 0 Å². The molecule has 8 heteroatoms. The van der Waals surface area contributed by atoms with Gasteiger partial charge in [-0.25, -0.2) is 9.97 Å². The summed E-state index contributed by atoms with van der Waals surface area (Å²) < 4.78 is 13.0. The minimum Gasteiger partial charge on any atom is -0.481 e. The second-order valence-corrected chi connectivity index (χ2v) is 6.74. The summed E-state index contributed by atoms with van der Waals surface area (Å²) in [6.07, 6.45) is 5.64. The number of methoxy groups -OCH3 is 1. The van der Waals surface area contributed by atoms with Crippen LogP contribution in [0.15, 0.2) is 24.7 Å². The van der Waals surface area contributed by atoms with Crippen molar-refractivity contribution in [3.63, 3.8) is 0 Å². The summed E-state index contributed by atoms with van der Waals surface area (Å²) in [5.41, 5.74) is 2.22. The molecule has 3 heterocycles. The van der Waals surface area contributed by atoms with Crippen LogP contribution in [0.4, 0.5) is 11.6 Å². The van der Waals surface area contributed by atoms with E-state index in [2.05, 4.69) is 46.0 Å². The molecule has 0 aliphatic rings. The smallest absolute Gasteiger partial charge is 0.247 e. The second kappa shape index (κ2) is 8.66. The highest BCUT2D eigenvalue weighted by Gasteiger charge is 2.15. The molecule has 0 aliphatic carbocycles. The van der Waals surface area contributed by atoms with E-state index in [0.717, 1.165) is 30.7 Å². The number of nitrogens with one attached hydrogen (secondary N) is 1. The van der Waals surface area contributed by atoms with Crippen LogP contribution in [0.1, 0.15) is 33.6 Å². The molecule has 3 aromatic heterocycles. The molecule has 0 aliphatic heterocycles. The number of imidazole rings is 1. The number of ether oxygens (including phenoxy) is 2. The lowest BCUT2D eigenvalue weighted by Crippen LogP contribution is -2.08. The molecule has 0 unspecified atom stereocenters. The number of aryl methyl sites for hydroxylation is 1. The van der Waals surface area contributed by atoms with Gasteiger partial charge in [0.05, 0.1) is 31.9 Å². The van der Waals surface area contributed by atoms with E-state index in [1.54, 1.807) is 25.7 Å². The molecule has 8 nitrogen and oxygen atoms in total. The van der Waals surface area contributed by atoms with E-state index in [-0.39, 0.29) is 0 Å². The number of hydrogen-bond acceptors (Lipinski definition) is 7. The Labute approximate surface area is 159 Å². The molecule has 0 amide bonds. The van der Waals surface area contributed by atoms with Crippen LogP contribution in [-0.4, -0.2) is 38.2 Å². The van der Waals surface area contributed by atoms with E-state index in [0.29, 0.717) is 35.7 Å². The van der Waals surface area contributed by atoms with Gasteiger partial charge in [-0.1, -0.05) is 27.2 Å². The average Bonchev–Trinajstić information content (AvgIpc) is 3.08. The number of aromatic nitrogens is 5. The third kappa shape index (κ3) is 4.64. The second-order valence-electron chi connectivity index (χ2n) is 6.74. The molecule has 0 bridgehead atoms. The molecule has 144 valence electrons. The van der Waals surface area contributed by atoms with Crippen LogP contribution in [0.3, 0.4) is 0 Å². The van der Waals surface area contributed by atoms with E-state index in [9.17, 15) is 0 Å². The van der Waals surface area contributed by atoms with Gasteiger partial charge in [-0.2, -0.15) is 9.97 Å². The van der Waals surface area contributed by atoms with Gasteiger partial charge in [0.25, 0.3) is 0 Å². The largest absolute Gasteiger partial charge is 0.481 e. The number of hydrogen-bond donors (Lipinski definition) is 1. The number of unbranched alkanes of at least 4 members (excludes halogenated alkanes) is 1. The van der Waals surface area contributed by atoms with Crippen molar-refractivity contribution in [3.8, 4) is 11.8 Å². The van der Waals surface area contributed by atoms with Crippen LogP contribution in [-0.2, 0) is 6.54 Å². The highest BCUT2D eigenvalue weighted by Crippen LogP contribution is 2.25. The van der Waals surface area contributed by atoms with Crippen LogP contribution < -0.4 is 14.8 Å². The molecular weight excluding hydrogens is 344 g/mol. The molecule has 3 aromatic rings. The van der Waals surface area contributed by atoms with Crippen molar-refractivity contribution in [2.45, 2.75) is 40.2 Å². The molecule has 1 N–H and O–H groups in total. The fourth-order valence-electron chi connectivity index (χ4n) is 2.52. The lowest BCUT2D eigenvalue weighted by atomic mass is 10.2. The number of rotatable bonds is 9. The summed E-state index contributed by atoms with van der Waals surface area (Å²) in [6.45, 7) is 7.78. The maximum absolute atomic E-state index is 5.91.